The molecule has 1 rings (SSSR count). The average Bonchev–Trinajstić information content (AvgIpc) is 2.19. The Morgan fingerprint density at radius 2 is 2.29 bits per heavy atom. The highest BCUT2D eigenvalue weighted by molar-refractivity contribution is 5.92. The SMILES string of the molecule is NCCCOc1cncc(C(N)=O)c1. The third kappa shape index (κ3) is 3.02. The van der Waals surface area contributed by atoms with Crippen molar-refractivity contribution in [1.29, 1.82) is 0 Å². The summed E-state index contributed by atoms with van der Waals surface area (Å²) in [4.78, 5) is 14.6. The Labute approximate surface area is 82.1 Å². The molecule has 0 unspecified atom stereocenters. The number of hydrogen-bond acceptors (Lipinski definition) is 4. The van der Waals surface area contributed by atoms with E-state index >= 15 is 0 Å². The van der Waals surface area contributed by atoms with Crippen LogP contribution in [0.4, 0.5) is 0 Å². The summed E-state index contributed by atoms with van der Waals surface area (Å²) in [6.45, 7) is 1.09. The van der Waals surface area contributed by atoms with Crippen molar-refractivity contribution >= 4 is 5.91 Å². The van der Waals surface area contributed by atoms with Crippen LogP contribution in [0.15, 0.2) is 18.5 Å². The summed E-state index contributed by atoms with van der Waals surface area (Å²) in [7, 11) is 0. The highest BCUT2D eigenvalue weighted by atomic mass is 16.5. The van der Waals surface area contributed by atoms with Crippen molar-refractivity contribution in [3.63, 3.8) is 0 Å². The number of ether oxygens (including phenoxy) is 1. The summed E-state index contributed by atoms with van der Waals surface area (Å²) in [6.07, 6.45) is 3.70. The standard InChI is InChI=1S/C9H13N3O2/c10-2-1-3-14-8-4-7(9(11)13)5-12-6-8/h4-6H,1-3,10H2,(H2,11,13). The van der Waals surface area contributed by atoms with Crippen LogP contribution in [0, 0.1) is 0 Å². The van der Waals surface area contributed by atoms with Gasteiger partial charge in [0.15, 0.2) is 0 Å². The quantitative estimate of drug-likeness (QED) is 0.642. The van der Waals surface area contributed by atoms with Gasteiger partial charge in [0, 0.05) is 6.20 Å². The Hall–Kier alpha value is -1.62. The smallest absolute Gasteiger partial charge is 0.250 e. The lowest BCUT2D eigenvalue weighted by Crippen LogP contribution is -2.12. The molecule has 76 valence electrons. The van der Waals surface area contributed by atoms with E-state index in [1.807, 2.05) is 0 Å². The Morgan fingerprint density at radius 3 is 2.93 bits per heavy atom. The molecule has 0 saturated heterocycles. The Morgan fingerprint density at radius 1 is 1.50 bits per heavy atom. The minimum absolute atomic E-state index is 0.343. The van der Waals surface area contributed by atoms with E-state index in [1.54, 1.807) is 6.07 Å². The fourth-order valence-corrected chi connectivity index (χ4v) is 0.906. The van der Waals surface area contributed by atoms with Crippen molar-refractivity contribution < 1.29 is 9.53 Å². The Balaban J connectivity index is 2.59. The van der Waals surface area contributed by atoms with Crippen LogP contribution in [0.25, 0.3) is 0 Å². The third-order valence-corrected chi connectivity index (χ3v) is 1.61. The highest BCUT2D eigenvalue weighted by Crippen LogP contribution is 2.10. The van der Waals surface area contributed by atoms with Gasteiger partial charge in [-0.15, -0.1) is 0 Å². The number of hydrogen-bond donors (Lipinski definition) is 2. The summed E-state index contributed by atoms with van der Waals surface area (Å²) >= 11 is 0. The van der Waals surface area contributed by atoms with Gasteiger partial charge < -0.3 is 16.2 Å². The number of nitrogens with two attached hydrogens (primary N) is 2. The molecule has 1 heterocycles. The first kappa shape index (κ1) is 10.5. The van der Waals surface area contributed by atoms with Gasteiger partial charge in [-0.3, -0.25) is 9.78 Å². The molecule has 0 bridgehead atoms. The molecule has 4 N–H and O–H groups in total. The minimum Gasteiger partial charge on any atom is -0.492 e. The van der Waals surface area contributed by atoms with Crippen LogP contribution in [-0.2, 0) is 0 Å². The van der Waals surface area contributed by atoms with E-state index in [-0.39, 0.29) is 0 Å². The van der Waals surface area contributed by atoms with Crippen molar-refractivity contribution in [1.82, 2.24) is 4.98 Å². The average molecular weight is 195 g/mol. The number of pyridine rings is 1. The largest absolute Gasteiger partial charge is 0.492 e. The molecule has 5 heteroatoms. The van der Waals surface area contributed by atoms with Gasteiger partial charge in [0.05, 0.1) is 18.4 Å². The van der Waals surface area contributed by atoms with Gasteiger partial charge >= 0.3 is 0 Å². The van der Waals surface area contributed by atoms with Crippen molar-refractivity contribution in [3.8, 4) is 5.75 Å². The summed E-state index contributed by atoms with van der Waals surface area (Å²) < 4.78 is 5.29. The number of carbonyl (C=O) groups excluding carboxylic acids is 1. The molecule has 1 amide bonds. The maximum absolute atomic E-state index is 10.8. The van der Waals surface area contributed by atoms with Crippen LogP contribution in [0.3, 0.4) is 0 Å². The van der Waals surface area contributed by atoms with Crippen LogP contribution in [-0.4, -0.2) is 24.0 Å². The first-order valence-corrected chi connectivity index (χ1v) is 4.31. The van der Waals surface area contributed by atoms with E-state index in [9.17, 15) is 4.79 Å². The number of aromatic nitrogens is 1. The summed E-state index contributed by atoms with van der Waals surface area (Å²) in [6, 6.07) is 1.56. The topological polar surface area (TPSA) is 91.2 Å². The molecule has 0 saturated carbocycles. The summed E-state index contributed by atoms with van der Waals surface area (Å²) in [5.74, 6) is 0.0246. The zero-order valence-electron chi connectivity index (χ0n) is 7.77. The van der Waals surface area contributed by atoms with E-state index in [4.69, 9.17) is 16.2 Å². The lowest BCUT2D eigenvalue weighted by atomic mass is 10.3. The van der Waals surface area contributed by atoms with Gasteiger partial charge in [0.25, 0.3) is 0 Å². The lowest BCUT2D eigenvalue weighted by Gasteiger charge is -2.04. The van der Waals surface area contributed by atoms with Gasteiger partial charge in [-0.05, 0) is 19.0 Å². The van der Waals surface area contributed by atoms with E-state index in [2.05, 4.69) is 4.98 Å². The van der Waals surface area contributed by atoms with Crippen molar-refractivity contribution in [2.75, 3.05) is 13.2 Å². The van der Waals surface area contributed by atoms with E-state index in [0.29, 0.717) is 24.5 Å². The molecule has 1 aromatic heterocycles. The fraction of sp³-hybridized carbons (Fsp3) is 0.333. The number of nitrogens with zero attached hydrogens (tertiary/aromatic N) is 1. The normalized spacial score (nSPS) is 9.79. The van der Waals surface area contributed by atoms with Crippen molar-refractivity contribution in [2.45, 2.75) is 6.42 Å². The molecule has 0 radical (unpaired) electrons. The summed E-state index contributed by atoms with van der Waals surface area (Å²) in [5, 5.41) is 0. The molecular weight excluding hydrogens is 182 g/mol. The maximum Gasteiger partial charge on any atom is 0.250 e. The van der Waals surface area contributed by atoms with E-state index in [0.717, 1.165) is 6.42 Å². The molecule has 0 aliphatic carbocycles. The van der Waals surface area contributed by atoms with Crippen LogP contribution in [0.1, 0.15) is 16.8 Å². The van der Waals surface area contributed by atoms with Crippen LogP contribution < -0.4 is 16.2 Å². The predicted molar refractivity (Wildman–Crippen MR) is 51.9 cm³/mol. The zero-order chi connectivity index (χ0) is 10.4. The number of carbonyl (C=O) groups is 1. The molecule has 0 aromatic carbocycles. The van der Waals surface area contributed by atoms with Crippen molar-refractivity contribution in [3.05, 3.63) is 24.0 Å². The monoisotopic (exact) mass is 195 g/mol. The van der Waals surface area contributed by atoms with Crippen LogP contribution >= 0.6 is 0 Å². The number of rotatable bonds is 5. The van der Waals surface area contributed by atoms with Crippen LogP contribution in [0.5, 0.6) is 5.75 Å². The number of primary amides is 1. The lowest BCUT2D eigenvalue weighted by molar-refractivity contribution is 0.0999. The predicted octanol–water partition coefficient (Wildman–Crippen LogP) is -0.0919. The summed E-state index contributed by atoms with van der Waals surface area (Å²) in [5.41, 5.74) is 10.7. The second-order valence-electron chi connectivity index (χ2n) is 2.76. The van der Waals surface area contributed by atoms with Gasteiger partial charge in [-0.1, -0.05) is 0 Å². The highest BCUT2D eigenvalue weighted by Gasteiger charge is 2.02. The second-order valence-corrected chi connectivity index (χ2v) is 2.76. The van der Waals surface area contributed by atoms with Gasteiger partial charge in [-0.25, -0.2) is 0 Å². The van der Waals surface area contributed by atoms with Gasteiger partial charge in [0.1, 0.15) is 5.75 Å². The van der Waals surface area contributed by atoms with E-state index in [1.165, 1.54) is 12.4 Å². The maximum atomic E-state index is 10.8. The molecule has 14 heavy (non-hydrogen) atoms. The van der Waals surface area contributed by atoms with Gasteiger partial charge in [0.2, 0.25) is 5.91 Å². The number of amides is 1. The van der Waals surface area contributed by atoms with Crippen LogP contribution in [0.2, 0.25) is 0 Å². The minimum atomic E-state index is -0.512. The first-order chi connectivity index (χ1) is 6.74. The molecule has 1 aromatic rings. The van der Waals surface area contributed by atoms with Crippen molar-refractivity contribution in [2.24, 2.45) is 11.5 Å². The zero-order valence-corrected chi connectivity index (χ0v) is 7.77. The Bertz CT molecular complexity index is 315. The molecule has 0 aliphatic rings. The molecular formula is C9H13N3O2. The molecule has 0 aliphatic heterocycles. The molecule has 0 atom stereocenters. The third-order valence-electron chi connectivity index (χ3n) is 1.61. The second kappa shape index (κ2) is 5.18. The molecule has 0 spiro atoms. The molecule has 5 nitrogen and oxygen atoms in total. The van der Waals surface area contributed by atoms with Gasteiger partial charge in [-0.2, -0.15) is 0 Å². The fourth-order valence-electron chi connectivity index (χ4n) is 0.906. The first-order valence-electron chi connectivity index (χ1n) is 4.31. The van der Waals surface area contributed by atoms with E-state index < -0.39 is 5.91 Å². The molecule has 0 fully saturated rings. The Kier molecular flexibility index (Phi) is 3.87.